The van der Waals surface area contributed by atoms with Crippen LogP contribution in [0.25, 0.3) is 0 Å². The maximum Gasteiger partial charge on any atom is 0.151 e. The van der Waals surface area contributed by atoms with Crippen LogP contribution >= 0.6 is 34.9 Å². The lowest BCUT2D eigenvalue weighted by Crippen LogP contribution is -2.32. The fourth-order valence-electron chi connectivity index (χ4n) is 1.65. The predicted molar refractivity (Wildman–Crippen MR) is 75.8 cm³/mol. The molecule has 1 aliphatic heterocycles. The van der Waals surface area contributed by atoms with Gasteiger partial charge in [-0.25, -0.2) is 0 Å². The normalized spacial score (nSPS) is 30.2. The van der Waals surface area contributed by atoms with Gasteiger partial charge in [-0.3, -0.25) is 4.79 Å². The Morgan fingerprint density at radius 1 is 1.44 bits per heavy atom. The van der Waals surface area contributed by atoms with Crippen LogP contribution in [0.1, 0.15) is 18.7 Å². The summed E-state index contributed by atoms with van der Waals surface area (Å²) in [5, 5.41) is 3.51. The van der Waals surface area contributed by atoms with Gasteiger partial charge in [0.15, 0.2) is 5.78 Å². The fourth-order valence-corrected chi connectivity index (χ4v) is 5.25. The molecule has 0 saturated carbocycles. The molecule has 0 N–H and O–H groups in total. The highest BCUT2D eigenvalue weighted by atomic mass is 32.2. The van der Waals surface area contributed by atoms with E-state index in [2.05, 4.69) is 19.9 Å². The van der Waals surface area contributed by atoms with E-state index in [1.165, 1.54) is 4.88 Å². The molecule has 3 unspecified atom stereocenters. The van der Waals surface area contributed by atoms with Crippen LogP contribution in [-0.4, -0.2) is 27.3 Å². The van der Waals surface area contributed by atoms with E-state index in [-0.39, 0.29) is 5.25 Å². The van der Waals surface area contributed by atoms with E-state index in [4.69, 9.17) is 0 Å². The molecule has 1 aromatic heterocycles. The van der Waals surface area contributed by atoms with Crippen LogP contribution in [0.4, 0.5) is 0 Å². The molecule has 2 rings (SSSR count). The largest absolute Gasteiger partial charge is 0.298 e. The second kappa shape index (κ2) is 5.61. The highest BCUT2D eigenvalue weighted by Crippen LogP contribution is 2.36. The van der Waals surface area contributed by atoms with E-state index >= 15 is 0 Å². The van der Waals surface area contributed by atoms with Gasteiger partial charge in [0, 0.05) is 27.6 Å². The molecule has 0 radical (unpaired) electrons. The van der Waals surface area contributed by atoms with Crippen molar-refractivity contribution >= 4 is 40.6 Å². The molecule has 88 valence electrons. The standard InChI is InChI=1S/C12H16OS3/c1-8-9(2)16-12(7-15-8)11(13)6-10-4-3-5-14-10/h3-5,8-9,12H,6-7H2,1-2H3. The molecule has 2 heterocycles. The van der Waals surface area contributed by atoms with Crippen molar-refractivity contribution < 1.29 is 4.79 Å². The van der Waals surface area contributed by atoms with Crippen molar-refractivity contribution in [2.45, 2.75) is 36.0 Å². The Balaban J connectivity index is 1.90. The third-order valence-corrected chi connectivity index (χ3v) is 7.15. The number of hydrogen-bond donors (Lipinski definition) is 0. The van der Waals surface area contributed by atoms with Crippen molar-refractivity contribution in [3.05, 3.63) is 22.4 Å². The Bertz CT molecular complexity index is 347. The molecule has 0 aliphatic carbocycles. The fraction of sp³-hybridized carbons (Fsp3) is 0.583. The summed E-state index contributed by atoms with van der Waals surface area (Å²) in [6.45, 7) is 4.48. The Morgan fingerprint density at radius 3 is 2.88 bits per heavy atom. The number of Topliss-reactive ketones (excluding diaryl/α,β-unsaturated/α-hetero) is 1. The smallest absolute Gasteiger partial charge is 0.151 e. The quantitative estimate of drug-likeness (QED) is 0.838. The first-order valence-corrected chi connectivity index (χ1v) is 8.36. The molecule has 3 atom stereocenters. The van der Waals surface area contributed by atoms with E-state index in [1.54, 1.807) is 11.3 Å². The number of hydrogen-bond acceptors (Lipinski definition) is 4. The van der Waals surface area contributed by atoms with Crippen molar-refractivity contribution in [2.75, 3.05) is 5.75 Å². The Hall–Kier alpha value is 0.0700. The van der Waals surface area contributed by atoms with E-state index < -0.39 is 0 Å². The molecule has 1 fully saturated rings. The molecule has 0 amide bonds. The molecule has 1 saturated heterocycles. The molecule has 0 aromatic carbocycles. The monoisotopic (exact) mass is 272 g/mol. The van der Waals surface area contributed by atoms with Gasteiger partial charge in [-0.15, -0.1) is 23.1 Å². The number of ketones is 1. The SMILES string of the molecule is CC1SCC(C(=O)Cc2cccs2)SC1C. The molecular weight excluding hydrogens is 256 g/mol. The zero-order valence-corrected chi connectivity index (χ0v) is 12.0. The molecule has 4 heteroatoms. The van der Waals surface area contributed by atoms with Gasteiger partial charge in [0.2, 0.25) is 0 Å². The van der Waals surface area contributed by atoms with E-state index in [9.17, 15) is 4.79 Å². The van der Waals surface area contributed by atoms with E-state index in [1.807, 2.05) is 35.0 Å². The zero-order valence-electron chi connectivity index (χ0n) is 9.51. The number of carbonyl (C=O) groups excluding carboxylic acids is 1. The molecule has 0 bridgehead atoms. The lowest BCUT2D eigenvalue weighted by atomic mass is 10.2. The van der Waals surface area contributed by atoms with Crippen LogP contribution in [0.3, 0.4) is 0 Å². The molecule has 1 aromatic rings. The van der Waals surface area contributed by atoms with Crippen molar-refractivity contribution in [1.29, 1.82) is 0 Å². The van der Waals surface area contributed by atoms with E-state index in [0.29, 0.717) is 22.7 Å². The third-order valence-electron chi connectivity index (χ3n) is 2.84. The van der Waals surface area contributed by atoms with Gasteiger partial charge in [-0.05, 0) is 11.4 Å². The maximum absolute atomic E-state index is 12.1. The van der Waals surface area contributed by atoms with Gasteiger partial charge in [-0.2, -0.15) is 11.8 Å². The summed E-state index contributed by atoms with van der Waals surface area (Å²) in [6.07, 6.45) is 0.622. The minimum absolute atomic E-state index is 0.207. The minimum atomic E-state index is 0.207. The molecule has 1 nitrogen and oxygen atoms in total. The zero-order chi connectivity index (χ0) is 11.5. The molecule has 0 spiro atoms. The summed E-state index contributed by atoms with van der Waals surface area (Å²) < 4.78 is 0. The third kappa shape index (κ3) is 3.05. The Kier molecular flexibility index (Phi) is 4.39. The number of thioether (sulfide) groups is 2. The van der Waals surface area contributed by atoms with Gasteiger partial charge in [-0.1, -0.05) is 19.9 Å². The lowest BCUT2D eigenvalue weighted by Gasteiger charge is -2.30. The average Bonchev–Trinajstić information content (AvgIpc) is 2.74. The van der Waals surface area contributed by atoms with Crippen LogP contribution in [0.15, 0.2) is 17.5 Å². The maximum atomic E-state index is 12.1. The summed E-state index contributed by atoms with van der Waals surface area (Å²) in [5.74, 6) is 1.39. The van der Waals surface area contributed by atoms with Crippen molar-refractivity contribution in [1.82, 2.24) is 0 Å². The first-order valence-electron chi connectivity index (χ1n) is 5.49. The van der Waals surface area contributed by atoms with Crippen LogP contribution in [-0.2, 0) is 11.2 Å². The summed E-state index contributed by atoms with van der Waals surface area (Å²) in [7, 11) is 0. The summed E-state index contributed by atoms with van der Waals surface area (Å²) in [4.78, 5) is 13.3. The Labute approximate surface area is 109 Å². The number of thiophene rings is 1. The number of carbonyl (C=O) groups is 1. The molecule has 1 aliphatic rings. The first-order chi connectivity index (χ1) is 7.66. The van der Waals surface area contributed by atoms with Gasteiger partial charge in [0.1, 0.15) is 0 Å². The average molecular weight is 272 g/mol. The van der Waals surface area contributed by atoms with Crippen LogP contribution in [0.2, 0.25) is 0 Å². The number of rotatable bonds is 3. The highest BCUT2D eigenvalue weighted by molar-refractivity contribution is 8.08. The summed E-state index contributed by atoms with van der Waals surface area (Å²) >= 11 is 5.48. The van der Waals surface area contributed by atoms with Crippen molar-refractivity contribution in [3.63, 3.8) is 0 Å². The summed E-state index contributed by atoms with van der Waals surface area (Å²) in [6, 6.07) is 4.07. The minimum Gasteiger partial charge on any atom is -0.298 e. The second-order valence-electron chi connectivity index (χ2n) is 4.09. The van der Waals surface area contributed by atoms with Gasteiger partial charge >= 0.3 is 0 Å². The van der Waals surface area contributed by atoms with Crippen LogP contribution in [0, 0.1) is 0 Å². The second-order valence-corrected chi connectivity index (χ2v) is 8.12. The van der Waals surface area contributed by atoms with Gasteiger partial charge in [0.05, 0.1) is 5.25 Å². The van der Waals surface area contributed by atoms with Crippen molar-refractivity contribution in [2.24, 2.45) is 0 Å². The van der Waals surface area contributed by atoms with Gasteiger partial charge < -0.3 is 0 Å². The lowest BCUT2D eigenvalue weighted by molar-refractivity contribution is -0.117. The van der Waals surface area contributed by atoms with Crippen LogP contribution < -0.4 is 0 Å². The summed E-state index contributed by atoms with van der Waals surface area (Å²) in [5.41, 5.74) is 0. The van der Waals surface area contributed by atoms with Crippen molar-refractivity contribution in [3.8, 4) is 0 Å². The topological polar surface area (TPSA) is 17.1 Å². The van der Waals surface area contributed by atoms with Crippen LogP contribution in [0.5, 0.6) is 0 Å². The molecular formula is C12H16OS3. The predicted octanol–water partition coefficient (Wildman–Crippen LogP) is 3.49. The highest BCUT2D eigenvalue weighted by Gasteiger charge is 2.30. The molecule has 16 heavy (non-hydrogen) atoms. The van der Waals surface area contributed by atoms with E-state index in [0.717, 1.165) is 5.75 Å². The Morgan fingerprint density at radius 2 is 2.25 bits per heavy atom. The van der Waals surface area contributed by atoms with Gasteiger partial charge in [0.25, 0.3) is 0 Å². The first kappa shape index (κ1) is 12.5.